The van der Waals surface area contributed by atoms with Crippen LogP contribution < -0.4 is 10.7 Å². The second-order valence-electron chi connectivity index (χ2n) is 8.63. The third-order valence-electron chi connectivity index (χ3n) is 6.07. The molecule has 170 valence electrons. The van der Waals surface area contributed by atoms with E-state index in [4.69, 9.17) is 16.0 Å². The molecule has 1 saturated heterocycles. The van der Waals surface area contributed by atoms with Crippen molar-refractivity contribution in [1.82, 2.24) is 4.90 Å². The molecule has 32 heavy (non-hydrogen) atoms. The minimum atomic E-state index is -0.438. The lowest BCUT2D eigenvalue weighted by atomic mass is 9.89. The summed E-state index contributed by atoms with van der Waals surface area (Å²) < 4.78 is 6.14. The summed E-state index contributed by atoms with van der Waals surface area (Å²) >= 11 is 6.50. The van der Waals surface area contributed by atoms with Crippen LogP contribution in [-0.2, 0) is 0 Å². The van der Waals surface area contributed by atoms with Gasteiger partial charge in [-0.3, -0.25) is 4.79 Å². The number of likely N-dealkylation sites (N-methyl/N-ethyl adjacent to an activating group) is 1. The first-order valence-electron chi connectivity index (χ1n) is 10.6. The summed E-state index contributed by atoms with van der Waals surface area (Å²) in [7, 11) is 1.90. The SMILES string of the molecule is CC(C)Nc1ccc(-c2cc(=O)c3c(O)cc(O)c(C4CCN(C)C4CO)c3o2)c(Cl)c1. The highest BCUT2D eigenvalue weighted by molar-refractivity contribution is 6.33. The summed E-state index contributed by atoms with van der Waals surface area (Å²) in [5.74, 6) is -0.547. The molecule has 0 amide bonds. The maximum Gasteiger partial charge on any atom is 0.197 e. The highest BCUT2D eigenvalue weighted by atomic mass is 35.5. The molecular weight excluding hydrogens is 432 g/mol. The number of anilines is 1. The summed E-state index contributed by atoms with van der Waals surface area (Å²) in [6.45, 7) is 4.65. The van der Waals surface area contributed by atoms with Gasteiger partial charge in [0.25, 0.3) is 0 Å². The molecule has 1 aliphatic heterocycles. The highest BCUT2D eigenvalue weighted by Crippen LogP contribution is 2.44. The van der Waals surface area contributed by atoms with Crippen molar-refractivity contribution in [2.24, 2.45) is 0 Å². The summed E-state index contributed by atoms with van der Waals surface area (Å²) in [6, 6.07) is 7.82. The minimum absolute atomic E-state index is 0.00186. The fraction of sp³-hybridized carbons (Fsp3) is 0.375. The summed E-state index contributed by atoms with van der Waals surface area (Å²) in [5.41, 5.74) is 1.45. The van der Waals surface area contributed by atoms with Crippen molar-refractivity contribution >= 4 is 28.3 Å². The van der Waals surface area contributed by atoms with Gasteiger partial charge in [-0.15, -0.1) is 0 Å². The van der Waals surface area contributed by atoms with Crippen LogP contribution in [0.15, 0.2) is 39.5 Å². The maximum atomic E-state index is 13.0. The molecule has 4 rings (SSSR count). The number of fused-ring (bicyclic) bond motifs is 1. The summed E-state index contributed by atoms with van der Waals surface area (Å²) in [4.78, 5) is 15.0. The van der Waals surface area contributed by atoms with Gasteiger partial charge in [-0.05, 0) is 52.1 Å². The lowest BCUT2D eigenvalue weighted by Crippen LogP contribution is -2.32. The fourth-order valence-electron chi connectivity index (χ4n) is 4.56. The Kier molecular flexibility index (Phi) is 6.07. The molecule has 4 N–H and O–H groups in total. The largest absolute Gasteiger partial charge is 0.507 e. The van der Waals surface area contributed by atoms with E-state index in [1.165, 1.54) is 12.1 Å². The number of rotatable bonds is 5. The van der Waals surface area contributed by atoms with Gasteiger partial charge in [0, 0.05) is 46.9 Å². The van der Waals surface area contributed by atoms with Crippen LogP contribution in [-0.4, -0.2) is 52.5 Å². The Morgan fingerprint density at radius 2 is 1.97 bits per heavy atom. The number of benzene rings is 2. The molecule has 2 aromatic carbocycles. The molecule has 0 bridgehead atoms. The predicted molar refractivity (Wildman–Crippen MR) is 126 cm³/mol. The van der Waals surface area contributed by atoms with Crippen LogP contribution in [0.4, 0.5) is 5.69 Å². The minimum Gasteiger partial charge on any atom is -0.507 e. The van der Waals surface area contributed by atoms with Gasteiger partial charge in [-0.2, -0.15) is 0 Å². The Bertz CT molecular complexity index is 1220. The molecule has 2 heterocycles. The topological polar surface area (TPSA) is 106 Å². The molecule has 1 aliphatic rings. The Hall–Kier alpha value is -2.74. The average Bonchev–Trinajstić information content (AvgIpc) is 3.07. The summed E-state index contributed by atoms with van der Waals surface area (Å²) in [6.07, 6.45) is 0.666. The smallest absolute Gasteiger partial charge is 0.197 e. The van der Waals surface area contributed by atoms with Gasteiger partial charge in [-0.25, -0.2) is 0 Å². The lowest BCUT2D eigenvalue weighted by molar-refractivity contribution is 0.172. The number of halogens is 1. The maximum absolute atomic E-state index is 13.0. The van der Waals surface area contributed by atoms with E-state index in [9.17, 15) is 20.1 Å². The number of aliphatic hydroxyl groups excluding tert-OH is 1. The standard InChI is InChI=1S/C24H27ClN2O5/c1-12(2)26-13-4-5-14(16(25)8-13)21-10-20(31)23-19(30)9-18(29)22(24(23)32-21)15-6-7-27(3)17(15)11-28/h4-5,8-10,12,15,17,26,28-30H,6-7,11H2,1-3H3. The van der Waals surface area contributed by atoms with Crippen LogP contribution in [0.1, 0.15) is 31.7 Å². The van der Waals surface area contributed by atoms with Gasteiger partial charge in [0.1, 0.15) is 28.2 Å². The van der Waals surface area contributed by atoms with Gasteiger partial charge in [0.05, 0.1) is 11.6 Å². The normalized spacial score (nSPS) is 19.2. The van der Waals surface area contributed by atoms with E-state index in [1.807, 2.05) is 31.9 Å². The van der Waals surface area contributed by atoms with Crippen molar-refractivity contribution < 1.29 is 19.7 Å². The number of likely N-dealkylation sites (tertiary alicyclic amines) is 1. The number of hydrogen-bond donors (Lipinski definition) is 4. The van der Waals surface area contributed by atoms with Gasteiger partial charge in [0.2, 0.25) is 0 Å². The second kappa shape index (κ2) is 8.65. The quantitative estimate of drug-likeness (QED) is 0.455. The van der Waals surface area contributed by atoms with Gasteiger partial charge in [-0.1, -0.05) is 11.6 Å². The van der Waals surface area contributed by atoms with Crippen molar-refractivity contribution in [3.63, 3.8) is 0 Å². The Labute approximate surface area is 190 Å². The van der Waals surface area contributed by atoms with E-state index in [0.29, 0.717) is 22.6 Å². The molecule has 0 spiro atoms. The molecule has 1 aromatic heterocycles. The Morgan fingerprint density at radius 3 is 2.62 bits per heavy atom. The van der Waals surface area contributed by atoms with Gasteiger partial charge in [0.15, 0.2) is 5.43 Å². The molecule has 2 atom stereocenters. The van der Waals surface area contributed by atoms with Crippen LogP contribution in [0.2, 0.25) is 5.02 Å². The van der Waals surface area contributed by atoms with E-state index < -0.39 is 5.43 Å². The van der Waals surface area contributed by atoms with Crippen LogP contribution in [0, 0.1) is 0 Å². The van der Waals surface area contributed by atoms with E-state index in [1.54, 1.807) is 12.1 Å². The second-order valence-corrected chi connectivity index (χ2v) is 9.03. The average molecular weight is 459 g/mol. The number of nitrogens with zero attached hydrogens (tertiary/aromatic N) is 1. The van der Waals surface area contributed by atoms with E-state index in [2.05, 4.69) is 5.32 Å². The third-order valence-corrected chi connectivity index (χ3v) is 6.38. The Morgan fingerprint density at radius 1 is 1.22 bits per heavy atom. The summed E-state index contributed by atoms with van der Waals surface area (Å²) in [5, 5.41) is 34.7. The van der Waals surface area contributed by atoms with Crippen LogP contribution >= 0.6 is 11.6 Å². The van der Waals surface area contributed by atoms with Crippen LogP contribution in [0.5, 0.6) is 11.5 Å². The number of aliphatic hydroxyl groups is 1. The predicted octanol–water partition coefficient (Wildman–Crippen LogP) is 4.12. The molecule has 0 saturated carbocycles. The molecule has 2 unspecified atom stereocenters. The van der Waals surface area contributed by atoms with Crippen molar-refractivity contribution in [1.29, 1.82) is 0 Å². The number of aromatic hydroxyl groups is 2. The zero-order valence-corrected chi connectivity index (χ0v) is 19.0. The molecular formula is C24H27ClN2O5. The van der Waals surface area contributed by atoms with E-state index in [0.717, 1.165) is 12.2 Å². The zero-order chi connectivity index (χ0) is 23.2. The molecule has 1 fully saturated rings. The molecule has 8 heteroatoms. The fourth-order valence-corrected chi connectivity index (χ4v) is 4.84. The number of nitrogens with one attached hydrogen (secondary N) is 1. The van der Waals surface area contributed by atoms with Crippen molar-refractivity contribution in [2.75, 3.05) is 25.5 Å². The monoisotopic (exact) mass is 458 g/mol. The highest BCUT2D eigenvalue weighted by Gasteiger charge is 2.36. The molecule has 0 aliphatic carbocycles. The van der Waals surface area contributed by atoms with Gasteiger partial charge < -0.3 is 30.0 Å². The van der Waals surface area contributed by atoms with E-state index in [-0.39, 0.29) is 52.8 Å². The van der Waals surface area contributed by atoms with Crippen molar-refractivity contribution in [3.05, 3.63) is 51.1 Å². The molecule has 0 radical (unpaired) electrons. The zero-order valence-electron chi connectivity index (χ0n) is 18.2. The first-order valence-corrected chi connectivity index (χ1v) is 11.0. The number of phenols is 2. The molecule has 3 aromatic rings. The Balaban J connectivity index is 1.92. The van der Waals surface area contributed by atoms with Crippen LogP contribution in [0.3, 0.4) is 0 Å². The molecule has 7 nitrogen and oxygen atoms in total. The van der Waals surface area contributed by atoms with E-state index >= 15 is 0 Å². The third kappa shape index (κ3) is 3.92. The number of hydrogen-bond acceptors (Lipinski definition) is 7. The first-order chi connectivity index (χ1) is 15.2. The van der Waals surface area contributed by atoms with Gasteiger partial charge >= 0.3 is 0 Å². The lowest BCUT2D eigenvalue weighted by Gasteiger charge is -2.24. The first kappa shape index (κ1) is 22.5. The number of phenolic OH excluding ortho intramolecular Hbond substituents is 2. The van der Waals surface area contributed by atoms with Crippen molar-refractivity contribution in [2.45, 2.75) is 38.3 Å². The van der Waals surface area contributed by atoms with Crippen molar-refractivity contribution in [3.8, 4) is 22.8 Å². The van der Waals surface area contributed by atoms with Crippen LogP contribution in [0.25, 0.3) is 22.3 Å².